The van der Waals surface area contributed by atoms with Crippen LogP contribution >= 0.6 is 0 Å². The van der Waals surface area contributed by atoms with Gasteiger partial charge in [0.15, 0.2) is 0 Å². The molecule has 25 heavy (non-hydrogen) atoms. The van der Waals surface area contributed by atoms with Crippen LogP contribution in [-0.2, 0) is 6.54 Å². The number of anilines is 1. The van der Waals surface area contributed by atoms with Gasteiger partial charge in [0.2, 0.25) is 0 Å². The first-order valence-electron chi connectivity index (χ1n) is 8.29. The van der Waals surface area contributed by atoms with Crippen molar-refractivity contribution in [3.8, 4) is 5.75 Å². The Morgan fingerprint density at radius 3 is 3.04 bits per heavy atom. The maximum absolute atomic E-state index is 12.5. The zero-order valence-electron chi connectivity index (χ0n) is 14.0. The van der Waals surface area contributed by atoms with Crippen LogP contribution in [0.2, 0.25) is 0 Å². The first kappa shape index (κ1) is 15.4. The third-order valence-electron chi connectivity index (χ3n) is 4.53. The lowest BCUT2D eigenvalue weighted by molar-refractivity contribution is 0.0958. The molecular formula is C20H19N3O2. The predicted octanol–water partition coefficient (Wildman–Crippen LogP) is 2.99. The summed E-state index contributed by atoms with van der Waals surface area (Å²) in [6, 6.07) is 13.9. The second kappa shape index (κ2) is 6.43. The van der Waals surface area contributed by atoms with Crippen LogP contribution in [0.1, 0.15) is 15.9 Å². The van der Waals surface area contributed by atoms with Crippen molar-refractivity contribution in [3.63, 3.8) is 0 Å². The first-order valence-corrected chi connectivity index (χ1v) is 8.29. The Bertz CT molecular complexity index is 939. The molecule has 0 bridgehead atoms. The van der Waals surface area contributed by atoms with Gasteiger partial charge < -0.3 is 15.0 Å². The Morgan fingerprint density at radius 1 is 1.24 bits per heavy atom. The highest BCUT2D eigenvalue weighted by molar-refractivity contribution is 6.09. The first-order chi connectivity index (χ1) is 12.3. The molecule has 0 radical (unpaired) electrons. The molecule has 1 aliphatic rings. The van der Waals surface area contributed by atoms with Crippen molar-refractivity contribution in [2.45, 2.75) is 6.54 Å². The Kier molecular flexibility index (Phi) is 3.98. The largest absolute Gasteiger partial charge is 0.497 e. The number of rotatable bonds is 3. The maximum Gasteiger partial charge on any atom is 0.253 e. The van der Waals surface area contributed by atoms with Crippen LogP contribution in [0.3, 0.4) is 0 Å². The standard InChI is InChI=1S/C20H19N3O2/c1-25-16-4-2-3-14(11-16)13-23-10-9-22-20(24)18-6-5-15-12-21-8-7-17(15)19(18)23/h2-8,11-12H,9-10,13H2,1H3,(H,22,24). The van der Waals surface area contributed by atoms with E-state index in [1.54, 1.807) is 13.3 Å². The van der Waals surface area contributed by atoms with E-state index in [0.29, 0.717) is 18.7 Å². The van der Waals surface area contributed by atoms with Crippen molar-refractivity contribution in [2.75, 3.05) is 25.1 Å². The number of methoxy groups -OCH3 is 1. The Morgan fingerprint density at radius 2 is 2.16 bits per heavy atom. The van der Waals surface area contributed by atoms with Gasteiger partial charge in [-0.05, 0) is 29.8 Å². The number of fused-ring (bicyclic) bond motifs is 3. The molecule has 0 unspecified atom stereocenters. The Balaban J connectivity index is 1.82. The normalized spacial score (nSPS) is 14.0. The van der Waals surface area contributed by atoms with Gasteiger partial charge in [0.05, 0.1) is 18.4 Å². The molecule has 2 aromatic carbocycles. The van der Waals surface area contributed by atoms with Gasteiger partial charge in [0.1, 0.15) is 5.75 Å². The fraction of sp³-hybridized carbons (Fsp3) is 0.200. The van der Waals surface area contributed by atoms with E-state index >= 15 is 0 Å². The van der Waals surface area contributed by atoms with Crippen LogP contribution in [0.4, 0.5) is 5.69 Å². The van der Waals surface area contributed by atoms with Gasteiger partial charge in [-0.1, -0.05) is 18.2 Å². The molecule has 1 aromatic heterocycles. The van der Waals surface area contributed by atoms with Crippen LogP contribution in [0.25, 0.3) is 10.8 Å². The van der Waals surface area contributed by atoms with Crippen molar-refractivity contribution in [1.82, 2.24) is 10.3 Å². The molecule has 0 fully saturated rings. The van der Waals surface area contributed by atoms with Crippen LogP contribution in [0.5, 0.6) is 5.75 Å². The van der Waals surface area contributed by atoms with Gasteiger partial charge in [0.25, 0.3) is 5.91 Å². The molecule has 0 saturated heterocycles. The van der Waals surface area contributed by atoms with Gasteiger partial charge in [-0.15, -0.1) is 0 Å². The average molecular weight is 333 g/mol. The number of hydrogen-bond donors (Lipinski definition) is 1. The van der Waals surface area contributed by atoms with Crippen LogP contribution in [0.15, 0.2) is 54.9 Å². The van der Waals surface area contributed by atoms with E-state index in [1.165, 1.54) is 0 Å². The zero-order chi connectivity index (χ0) is 17.2. The van der Waals surface area contributed by atoms with E-state index < -0.39 is 0 Å². The summed E-state index contributed by atoms with van der Waals surface area (Å²) < 4.78 is 5.33. The van der Waals surface area contributed by atoms with Crippen LogP contribution < -0.4 is 15.0 Å². The van der Waals surface area contributed by atoms with Crippen molar-refractivity contribution in [1.29, 1.82) is 0 Å². The Labute approximate surface area is 146 Å². The molecule has 1 N–H and O–H groups in total. The number of nitrogens with one attached hydrogen (secondary N) is 1. The lowest BCUT2D eigenvalue weighted by Crippen LogP contribution is -2.29. The summed E-state index contributed by atoms with van der Waals surface area (Å²) in [5, 5.41) is 5.07. The van der Waals surface area contributed by atoms with E-state index in [4.69, 9.17) is 4.74 Å². The van der Waals surface area contributed by atoms with Crippen molar-refractivity contribution >= 4 is 22.4 Å². The minimum absolute atomic E-state index is 0.0261. The third-order valence-corrected chi connectivity index (χ3v) is 4.53. The highest BCUT2D eigenvalue weighted by atomic mass is 16.5. The number of amides is 1. The summed E-state index contributed by atoms with van der Waals surface area (Å²) in [7, 11) is 1.67. The number of carbonyl (C=O) groups is 1. The number of ether oxygens (including phenoxy) is 1. The van der Waals surface area contributed by atoms with Gasteiger partial charge in [-0.2, -0.15) is 0 Å². The number of nitrogens with zero attached hydrogens (tertiary/aromatic N) is 2. The van der Waals surface area contributed by atoms with Crippen molar-refractivity contribution in [3.05, 3.63) is 66.0 Å². The van der Waals surface area contributed by atoms with E-state index in [-0.39, 0.29) is 5.91 Å². The van der Waals surface area contributed by atoms with E-state index in [2.05, 4.69) is 21.3 Å². The number of aromatic nitrogens is 1. The highest BCUT2D eigenvalue weighted by Gasteiger charge is 2.23. The monoisotopic (exact) mass is 333 g/mol. The molecule has 1 amide bonds. The molecule has 2 heterocycles. The summed E-state index contributed by atoms with van der Waals surface area (Å²) in [5.41, 5.74) is 2.82. The molecule has 4 rings (SSSR count). The SMILES string of the molecule is COc1cccc(CN2CCNC(=O)c3ccc4cnccc4c32)c1. The fourth-order valence-corrected chi connectivity index (χ4v) is 3.34. The summed E-state index contributed by atoms with van der Waals surface area (Å²) in [6.45, 7) is 2.07. The average Bonchev–Trinajstić information content (AvgIpc) is 2.81. The Hall–Kier alpha value is -3.08. The molecule has 5 nitrogen and oxygen atoms in total. The molecule has 5 heteroatoms. The molecule has 0 saturated carbocycles. The van der Waals surface area contributed by atoms with E-state index in [0.717, 1.165) is 34.3 Å². The second-order valence-corrected chi connectivity index (χ2v) is 6.09. The number of benzene rings is 2. The number of carbonyl (C=O) groups excluding carboxylic acids is 1. The predicted molar refractivity (Wildman–Crippen MR) is 98.1 cm³/mol. The number of hydrogen-bond acceptors (Lipinski definition) is 4. The van der Waals surface area contributed by atoms with Gasteiger partial charge in [-0.25, -0.2) is 0 Å². The minimum atomic E-state index is -0.0261. The highest BCUT2D eigenvalue weighted by Crippen LogP contribution is 2.33. The van der Waals surface area contributed by atoms with E-state index in [1.807, 2.05) is 42.6 Å². The molecular weight excluding hydrogens is 314 g/mol. The topological polar surface area (TPSA) is 54.5 Å². The van der Waals surface area contributed by atoms with Gasteiger partial charge in [-0.3, -0.25) is 9.78 Å². The van der Waals surface area contributed by atoms with Gasteiger partial charge in [0, 0.05) is 42.8 Å². The van der Waals surface area contributed by atoms with Crippen LogP contribution in [0, 0.1) is 0 Å². The summed E-state index contributed by atoms with van der Waals surface area (Å²) >= 11 is 0. The lowest BCUT2D eigenvalue weighted by Gasteiger charge is -2.26. The quantitative estimate of drug-likeness (QED) is 0.800. The lowest BCUT2D eigenvalue weighted by atomic mass is 10.0. The smallest absolute Gasteiger partial charge is 0.253 e. The molecule has 3 aromatic rings. The minimum Gasteiger partial charge on any atom is -0.497 e. The summed E-state index contributed by atoms with van der Waals surface area (Å²) in [6.07, 6.45) is 3.61. The molecule has 0 atom stereocenters. The van der Waals surface area contributed by atoms with Crippen molar-refractivity contribution in [2.24, 2.45) is 0 Å². The summed E-state index contributed by atoms with van der Waals surface area (Å²) in [4.78, 5) is 18.9. The van der Waals surface area contributed by atoms with Gasteiger partial charge >= 0.3 is 0 Å². The maximum atomic E-state index is 12.5. The fourth-order valence-electron chi connectivity index (χ4n) is 3.34. The second-order valence-electron chi connectivity index (χ2n) is 6.09. The number of pyridine rings is 1. The van der Waals surface area contributed by atoms with Crippen molar-refractivity contribution < 1.29 is 9.53 Å². The molecule has 0 aliphatic carbocycles. The van der Waals surface area contributed by atoms with Crippen LogP contribution in [-0.4, -0.2) is 31.1 Å². The summed E-state index contributed by atoms with van der Waals surface area (Å²) in [5.74, 6) is 0.811. The molecule has 126 valence electrons. The van der Waals surface area contributed by atoms with E-state index in [9.17, 15) is 4.79 Å². The third kappa shape index (κ3) is 2.89. The molecule has 1 aliphatic heterocycles. The zero-order valence-corrected chi connectivity index (χ0v) is 14.0. The molecule has 0 spiro atoms.